The van der Waals surface area contributed by atoms with Crippen LogP contribution in [-0.2, 0) is 4.79 Å². The van der Waals surface area contributed by atoms with E-state index in [2.05, 4.69) is 0 Å². The number of hydrogen-bond acceptors (Lipinski definition) is 2. The van der Waals surface area contributed by atoms with Gasteiger partial charge in [0.15, 0.2) is 0 Å². The van der Waals surface area contributed by atoms with Gasteiger partial charge in [-0.15, -0.1) is 0 Å². The molecule has 0 spiro atoms. The molecule has 0 aromatic rings. The Hall–Kier alpha value is -0.370. The van der Waals surface area contributed by atoms with Crippen LogP contribution >= 0.6 is 0 Å². The normalized spacial score (nSPS) is 25.7. The van der Waals surface area contributed by atoms with Gasteiger partial charge in [-0.25, -0.2) is 0 Å². The zero-order valence-corrected chi connectivity index (χ0v) is 6.18. The Bertz CT molecular complexity index is 120. The second-order valence-corrected chi connectivity index (χ2v) is 3.01. The molecule has 1 saturated carbocycles. The van der Waals surface area contributed by atoms with E-state index < -0.39 is 0 Å². The van der Waals surface area contributed by atoms with Crippen molar-refractivity contribution in [2.24, 2.45) is 5.92 Å². The first-order chi connectivity index (χ1) is 4.83. The fraction of sp³-hybridized carbons (Fsp3) is 0.875. The van der Waals surface area contributed by atoms with Crippen molar-refractivity contribution in [2.45, 2.75) is 32.1 Å². The lowest BCUT2D eigenvalue weighted by Gasteiger charge is -2.03. The minimum atomic E-state index is 0.269. The summed E-state index contributed by atoms with van der Waals surface area (Å²) in [4.78, 5) is 10.8. The van der Waals surface area contributed by atoms with Gasteiger partial charge in [-0.2, -0.15) is 0 Å². The molecule has 1 unspecified atom stereocenters. The first kappa shape index (κ1) is 7.73. The topological polar surface area (TPSA) is 37.3 Å². The van der Waals surface area contributed by atoms with Crippen LogP contribution in [0.25, 0.3) is 0 Å². The lowest BCUT2D eigenvalue weighted by atomic mass is 10.0. The van der Waals surface area contributed by atoms with Gasteiger partial charge in [0.05, 0.1) is 0 Å². The highest BCUT2D eigenvalue weighted by atomic mass is 16.2. The second kappa shape index (κ2) is 3.71. The van der Waals surface area contributed by atoms with Crippen molar-refractivity contribution < 1.29 is 9.90 Å². The van der Waals surface area contributed by atoms with Gasteiger partial charge in [-0.1, -0.05) is 0 Å². The fourth-order valence-electron chi connectivity index (χ4n) is 1.52. The summed E-state index contributed by atoms with van der Waals surface area (Å²) < 4.78 is 0. The largest absolute Gasteiger partial charge is 0.396 e. The molecule has 0 aliphatic heterocycles. The molecule has 1 N–H and O–H groups in total. The van der Waals surface area contributed by atoms with E-state index in [9.17, 15) is 4.79 Å². The quantitative estimate of drug-likeness (QED) is 0.641. The van der Waals surface area contributed by atoms with Crippen molar-refractivity contribution >= 4 is 5.78 Å². The molecule has 0 heterocycles. The number of carbonyl (C=O) groups is 1. The molecule has 58 valence electrons. The monoisotopic (exact) mass is 142 g/mol. The van der Waals surface area contributed by atoms with Crippen LogP contribution in [0.3, 0.4) is 0 Å². The maximum atomic E-state index is 10.8. The summed E-state index contributed by atoms with van der Waals surface area (Å²) in [5.74, 6) is 0.989. The Morgan fingerprint density at radius 3 is 2.90 bits per heavy atom. The van der Waals surface area contributed by atoms with Crippen LogP contribution < -0.4 is 0 Å². The Labute approximate surface area is 61.2 Å². The van der Waals surface area contributed by atoms with Gasteiger partial charge in [0.25, 0.3) is 0 Å². The van der Waals surface area contributed by atoms with E-state index >= 15 is 0 Å². The van der Waals surface area contributed by atoms with Gasteiger partial charge in [0.1, 0.15) is 5.78 Å². The van der Waals surface area contributed by atoms with Gasteiger partial charge in [-0.3, -0.25) is 4.79 Å². The molecule has 0 aromatic heterocycles. The van der Waals surface area contributed by atoms with Gasteiger partial charge in [0, 0.05) is 19.4 Å². The minimum absolute atomic E-state index is 0.269. The maximum Gasteiger partial charge on any atom is 0.133 e. The Balaban J connectivity index is 2.12. The molecule has 0 saturated heterocycles. The van der Waals surface area contributed by atoms with E-state index in [-0.39, 0.29) is 6.61 Å². The SMILES string of the molecule is O=C1CCC(CCCO)C1. The van der Waals surface area contributed by atoms with Crippen LogP contribution in [0, 0.1) is 5.92 Å². The fourth-order valence-corrected chi connectivity index (χ4v) is 1.52. The Morgan fingerprint density at radius 2 is 2.40 bits per heavy atom. The molecular formula is C8H14O2. The van der Waals surface area contributed by atoms with Crippen molar-refractivity contribution in [1.82, 2.24) is 0 Å². The smallest absolute Gasteiger partial charge is 0.133 e. The van der Waals surface area contributed by atoms with Gasteiger partial charge < -0.3 is 5.11 Å². The van der Waals surface area contributed by atoms with Crippen LogP contribution in [-0.4, -0.2) is 17.5 Å². The van der Waals surface area contributed by atoms with E-state index in [1.165, 1.54) is 0 Å². The lowest BCUT2D eigenvalue weighted by Crippen LogP contribution is -1.96. The van der Waals surface area contributed by atoms with E-state index in [4.69, 9.17) is 5.11 Å². The number of Topliss-reactive ketones (excluding diaryl/α,β-unsaturated/α-hetero) is 1. The highest BCUT2D eigenvalue weighted by molar-refractivity contribution is 5.80. The number of aliphatic hydroxyl groups is 1. The van der Waals surface area contributed by atoms with Crippen molar-refractivity contribution in [3.05, 3.63) is 0 Å². The van der Waals surface area contributed by atoms with Crippen molar-refractivity contribution in [2.75, 3.05) is 6.61 Å². The molecule has 2 heteroatoms. The molecule has 1 aliphatic rings. The molecule has 0 radical (unpaired) electrons. The van der Waals surface area contributed by atoms with Crippen LogP contribution in [0.15, 0.2) is 0 Å². The van der Waals surface area contributed by atoms with Crippen LogP contribution in [0.2, 0.25) is 0 Å². The second-order valence-electron chi connectivity index (χ2n) is 3.01. The van der Waals surface area contributed by atoms with E-state index in [1.54, 1.807) is 0 Å². The minimum Gasteiger partial charge on any atom is -0.396 e. The molecule has 0 bridgehead atoms. The number of aliphatic hydroxyl groups excluding tert-OH is 1. The Morgan fingerprint density at radius 1 is 1.60 bits per heavy atom. The lowest BCUT2D eigenvalue weighted by molar-refractivity contribution is -0.117. The van der Waals surface area contributed by atoms with E-state index in [1.807, 2.05) is 0 Å². The van der Waals surface area contributed by atoms with Crippen molar-refractivity contribution in [1.29, 1.82) is 0 Å². The third-order valence-electron chi connectivity index (χ3n) is 2.12. The molecule has 10 heavy (non-hydrogen) atoms. The average Bonchev–Trinajstić information content (AvgIpc) is 2.31. The molecular weight excluding hydrogens is 128 g/mol. The summed E-state index contributed by atoms with van der Waals surface area (Å²) in [6.45, 7) is 0.269. The standard InChI is InChI=1S/C8H14O2/c9-5-1-2-7-3-4-8(10)6-7/h7,9H,1-6H2. The molecule has 1 fully saturated rings. The summed E-state index contributed by atoms with van der Waals surface area (Å²) >= 11 is 0. The molecule has 1 rings (SSSR count). The number of carbonyl (C=O) groups excluding carboxylic acids is 1. The molecule has 2 nitrogen and oxygen atoms in total. The molecule has 1 atom stereocenters. The van der Waals surface area contributed by atoms with Crippen LogP contribution in [0.5, 0.6) is 0 Å². The molecule has 0 amide bonds. The highest BCUT2D eigenvalue weighted by Crippen LogP contribution is 2.25. The zero-order chi connectivity index (χ0) is 7.40. The first-order valence-electron chi connectivity index (χ1n) is 3.95. The predicted molar refractivity (Wildman–Crippen MR) is 38.7 cm³/mol. The summed E-state index contributed by atoms with van der Waals surface area (Å²) in [6, 6.07) is 0. The summed E-state index contributed by atoms with van der Waals surface area (Å²) in [7, 11) is 0. The summed E-state index contributed by atoms with van der Waals surface area (Å²) in [5, 5.41) is 8.51. The van der Waals surface area contributed by atoms with Crippen molar-refractivity contribution in [3.8, 4) is 0 Å². The van der Waals surface area contributed by atoms with Gasteiger partial charge in [0.2, 0.25) is 0 Å². The van der Waals surface area contributed by atoms with Gasteiger partial charge >= 0.3 is 0 Å². The average molecular weight is 142 g/mol. The molecule has 1 aliphatic carbocycles. The number of ketones is 1. The summed E-state index contributed by atoms with van der Waals surface area (Å²) in [5.41, 5.74) is 0. The predicted octanol–water partition coefficient (Wildman–Crippen LogP) is 1.13. The zero-order valence-electron chi connectivity index (χ0n) is 6.18. The third-order valence-corrected chi connectivity index (χ3v) is 2.12. The van der Waals surface area contributed by atoms with Gasteiger partial charge in [-0.05, 0) is 25.2 Å². The number of hydrogen-bond donors (Lipinski definition) is 1. The van der Waals surface area contributed by atoms with Crippen LogP contribution in [0.4, 0.5) is 0 Å². The first-order valence-corrected chi connectivity index (χ1v) is 3.95. The maximum absolute atomic E-state index is 10.8. The third kappa shape index (κ3) is 2.10. The Kier molecular flexibility index (Phi) is 2.87. The molecule has 0 aromatic carbocycles. The van der Waals surface area contributed by atoms with Crippen molar-refractivity contribution in [3.63, 3.8) is 0 Å². The van der Waals surface area contributed by atoms with E-state index in [0.29, 0.717) is 11.7 Å². The van der Waals surface area contributed by atoms with E-state index in [0.717, 1.165) is 32.1 Å². The highest BCUT2D eigenvalue weighted by Gasteiger charge is 2.20. The van der Waals surface area contributed by atoms with Crippen LogP contribution in [0.1, 0.15) is 32.1 Å². The number of rotatable bonds is 3. The summed E-state index contributed by atoms with van der Waals surface area (Å²) in [6.07, 6.45) is 4.48.